The Balaban J connectivity index is 1.72. The van der Waals surface area contributed by atoms with E-state index in [1.165, 1.54) is 5.56 Å². The SMILES string of the molecule is CCCCc1ccc(C#Cc2ccc(C#Cc3ccc(CC)cc3)cc2)c(F)c1F. The molecule has 3 aromatic carbocycles. The van der Waals surface area contributed by atoms with Gasteiger partial charge in [-0.1, -0.05) is 62.1 Å². The van der Waals surface area contributed by atoms with Crippen LogP contribution in [-0.4, -0.2) is 0 Å². The fourth-order valence-corrected chi connectivity index (χ4v) is 2.99. The predicted molar refractivity (Wildman–Crippen MR) is 119 cm³/mol. The molecule has 0 N–H and O–H groups in total. The van der Waals surface area contributed by atoms with Gasteiger partial charge >= 0.3 is 0 Å². The third kappa shape index (κ3) is 5.59. The van der Waals surface area contributed by atoms with Crippen molar-refractivity contribution in [1.82, 2.24) is 0 Å². The summed E-state index contributed by atoms with van der Waals surface area (Å²) in [4.78, 5) is 0. The van der Waals surface area contributed by atoms with Gasteiger partial charge in [0.2, 0.25) is 0 Å². The first kappa shape index (κ1) is 21.4. The average molecular weight is 398 g/mol. The quantitative estimate of drug-likeness (QED) is 0.431. The van der Waals surface area contributed by atoms with Crippen molar-refractivity contribution < 1.29 is 8.78 Å². The lowest BCUT2D eigenvalue weighted by Crippen LogP contribution is -1.97. The maximum Gasteiger partial charge on any atom is 0.174 e. The molecule has 0 fully saturated rings. The third-order valence-electron chi connectivity index (χ3n) is 4.90. The van der Waals surface area contributed by atoms with Gasteiger partial charge in [-0.3, -0.25) is 0 Å². The minimum atomic E-state index is -0.868. The van der Waals surface area contributed by atoms with E-state index in [0.717, 1.165) is 36.0 Å². The molecule has 0 nitrogen and oxygen atoms in total. The van der Waals surface area contributed by atoms with Crippen molar-refractivity contribution in [3.8, 4) is 23.7 Å². The van der Waals surface area contributed by atoms with Gasteiger partial charge in [-0.15, -0.1) is 0 Å². The van der Waals surface area contributed by atoms with Crippen molar-refractivity contribution >= 4 is 0 Å². The topological polar surface area (TPSA) is 0 Å². The zero-order chi connectivity index (χ0) is 21.3. The fraction of sp³-hybridized carbons (Fsp3) is 0.214. The molecule has 0 unspecified atom stereocenters. The molecule has 0 bridgehead atoms. The second kappa shape index (κ2) is 10.4. The van der Waals surface area contributed by atoms with E-state index in [-0.39, 0.29) is 5.56 Å². The number of aryl methyl sites for hydroxylation is 2. The number of rotatable bonds is 4. The van der Waals surface area contributed by atoms with Crippen molar-refractivity contribution in [2.45, 2.75) is 39.5 Å². The molecular weight excluding hydrogens is 374 g/mol. The monoisotopic (exact) mass is 398 g/mol. The van der Waals surface area contributed by atoms with Crippen LogP contribution in [0.5, 0.6) is 0 Å². The van der Waals surface area contributed by atoms with E-state index in [0.29, 0.717) is 12.0 Å². The first-order valence-electron chi connectivity index (χ1n) is 10.3. The zero-order valence-electron chi connectivity index (χ0n) is 17.4. The van der Waals surface area contributed by atoms with E-state index in [4.69, 9.17) is 0 Å². The lowest BCUT2D eigenvalue weighted by atomic mass is 10.0. The Hall–Kier alpha value is -3.36. The van der Waals surface area contributed by atoms with Crippen LogP contribution in [0, 0.1) is 35.3 Å². The molecule has 0 saturated heterocycles. The predicted octanol–water partition coefficient (Wildman–Crippen LogP) is 6.67. The average Bonchev–Trinajstić information content (AvgIpc) is 2.79. The summed E-state index contributed by atoms with van der Waals surface area (Å²) >= 11 is 0. The molecule has 150 valence electrons. The highest BCUT2D eigenvalue weighted by molar-refractivity contribution is 5.48. The van der Waals surface area contributed by atoms with Crippen LogP contribution in [0.15, 0.2) is 60.7 Å². The molecule has 0 aliphatic carbocycles. The van der Waals surface area contributed by atoms with Gasteiger partial charge in [-0.05, 0) is 72.9 Å². The molecule has 3 rings (SSSR count). The van der Waals surface area contributed by atoms with Gasteiger partial charge in [0, 0.05) is 16.7 Å². The van der Waals surface area contributed by atoms with Crippen molar-refractivity contribution in [3.05, 3.63) is 106 Å². The lowest BCUT2D eigenvalue weighted by Gasteiger charge is -2.04. The molecule has 0 aromatic heterocycles. The Bertz CT molecular complexity index is 1120. The molecule has 0 heterocycles. The van der Waals surface area contributed by atoms with Crippen LogP contribution in [0.2, 0.25) is 0 Å². The van der Waals surface area contributed by atoms with Crippen LogP contribution in [0.3, 0.4) is 0 Å². The lowest BCUT2D eigenvalue weighted by molar-refractivity contribution is 0.495. The molecule has 0 saturated carbocycles. The Kier molecular flexibility index (Phi) is 7.42. The van der Waals surface area contributed by atoms with Gasteiger partial charge in [0.25, 0.3) is 0 Å². The highest BCUT2D eigenvalue weighted by Crippen LogP contribution is 2.18. The molecule has 0 aliphatic heterocycles. The number of benzene rings is 3. The number of hydrogen-bond donors (Lipinski definition) is 0. The molecule has 30 heavy (non-hydrogen) atoms. The van der Waals surface area contributed by atoms with E-state index >= 15 is 0 Å². The molecule has 3 aromatic rings. The molecule has 0 aliphatic rings. The van der Waals surface area contributed by atoms with Crippen LogP contribution in [0.1, 0.15) is 60.1 Å². The molecule has 2 heteroatoms. The van der Waals surface area contributed by atoms with Crippen LogP contribution in [0.4, 0.5) is 8.78 Å². The van der Waals surface area contributed by atoms with Crippen molar-refractivity contribution in [3.63, 3.8) is 0 Å². The maximum atomic E-state index is 14.3. The fourth-order valence-electron chi connectivity index (χ4n) is 2.99. The normalized spacial score (nSPS) is 10.0. The van der Waals surface area contributed by atoms with Crippen LogP contribution in [-0.2, 0) is 12.8 Å². The number of hydrogen-bond acceptors (Lipinski definition) is 0. The molecule has 0 spiro atoms. The minimum Gasteiger partial charge on any atom is -0.203 e. The summed E-state index contributed by atoms with van der Waals surface area (Å²) in [6.07, 6.45) is 3.32. The van der Waals surface area contributed by atoms with Crippen LogP contribution < -0.4 is 0 Å². The van der Waals surface area contributed by atoms with Crippen molar-refractivity contribution in [2.24, 2.45) is 0 Å². The van der Waals surface area contributed by atoms with Gasteiger partial charge < -0.3 is 0 Å². The number of unbranched alkanes of at least 4 members (excludes halogenated alkanes) is 1. The largest absolute Gasteiger partial charge is 0.203 e. The zero-order valence-corrected chi connectivity index (χ0v) is 17.4. The van der Waals surface area contributed by atoms with E-state index in [1.54, 1.807) is 12.1 Å². The van der Waals surface area contributed by atoms with Gasteiger partial charge in [0.1, 0.15) is 0 Å². The summed E-state index contributed by atoms with van der Waals surface area (Å²) in [5.74, 6) is 10.3. The molecule has 0 radical (unpaired) electrons. The van der Waals surface area contributed by atoms with E-state index in [1.807, 2.05) is 43.3 Å². The standard InChI is InChI=1S/C28H24F2/c1-3-5-6-25-19-20-26(28(30)27(25)29)18-17-24-15-13-23(14-16-24)12-11-22-9-7-21(4-2)8-10-22/h7-10,13-16,19-20H,3-6H2,1-2H3. The first-order valence-corrected chi connectivity index (χ1v) is 10.3. The van der Waals surface area contributed by atoms with E-state index in [2.05, 4.69) is 42.7 Å². The Morgan fingerprint density at radius 3 is 1.70 bits per heavy atom. The summed E-state index contributed by atoms with van der Waals surface area (Å²) in [6.45, 7) is 4.15. The second-order valence-electron chi connectivity index (χ2n) is 7.13. The summed E-state index contributed by atoms with van der Waals surface area (Å²) in [5, 5.41) is 0. The Morgan fingerprint density at radius 2 is 1.17 bits per heavy atom. The van der Waals surface area contributed by atoms with Gasteiger partial charge in [-0.25, -0.2) is 8.78 Å². The van der Waals surface area contributed by atoms with Crippen molar-refractivity contribution in [1.29, 1.82) is 0 Å². The molecule has 0 amide bonds. The highest BCUT2D eigenvalue weighted by atomic mass is 19.2. The van der Waals surface area contributed by atoms with Gasteiger partial charge in [-0.2, -0.15) is 0 Å². The molecule has 0 atom stereocenters. The summed E-state index contributed by atoms with van der Waals surface area (Å²) in [7, 11) is 0. The Labute approximate surface area is 178 Å². The van der Waals surface area contributed by atoms with E-state index < -0.39 is 11.6 Å². The summed E-state index contributed by atoms with van der Waals surface area (Å²) in [5.41, 5.74) is 4.34. The Morgan fingerprint density at radius 1 is 0.633 bits per heavy atom. The minimum absolute atomic E-state index is 0.0761. The summed E-state index contributed by atoms with van der Waals surface area (Å²) in [6, 6.07) is 18.8. The summed E-state index contributed by atoms with van der Waals surface area (Å²) < 4.78 is 28.4. The number of halogens is 2. The first-order chi connectivity index (χ1) is 14.6. The smallest absolute Gasteiger partial charge is 0.174 e. The highest BCUT2D eigenvalue weighted by Gasteiger charge is 2.11. The molecular formula is C28H24F2. The maximum absolute atomic E-state index is 14.3. The van der Waals surface area contributed by atoms with Gasteiger partial charge in [0.15, 0.2) is 11.6 Å². The van der Waals surface area contributed by atoms with Crippen LogP contribution >= 0.6 is 0 Å². The van der Waals surface area contributed by atoms with Crippen LogP contribution in [0.25, 0.3) is 0 Å². The van der Waals surface area contributed by atoms with Gasteiger partial charge in [0.05, 0.1) is 5.56 Å². The van der Waals surface area contributed by atoms with E-state index in [9.17, 15) is 8.78 Å². The second-order valence-corrected chi connectivity index (χ2v) is 7.13. The third-order valence-corrected chi connectivity index (χ3v) is 4.90. The van der Waals surface area contributed by atoms with Crippen molar-refractivity contribution in [2.75, 3.05) is 0 Å².